The van der Waals surface area contributed by atoms with Crippen molar-refractivity contribution < 1.29 is 4.42 Å². The largest absolute Gasteiger partial charge is 0.439 e. The summed E-state index contributed by atoms with van der Waals surface area (Å²) < 4.78 is 5.21. The predicted molar refractivity (Wildman–Crippen MR) is 72.1 cm³/mol. The molecular weight excluding hydrogens is 264 g/mol. The van der Waals surface area contributed by atoms with E-state index in [-0.39, 0.29) is 5.56 Å². The molecular formula is C12H10N4O2S. The maximum absolute atomic E-state index is 11.9. The third-order valence-electron chi connectivity index (χ3n) is 2.49. The molecule has 1 aromatic carbocycles. The van der Waals surface area contributed by atoms with Gasteiger partial charge in [-0.1, -0.05) is 0 Å². The SMILES string of the molecule is Cc1coc(Sc2nc3ccc(N)cc3c(=O)[nH]2)n1. The zero-order chi connectivity index (χ0) is 13.4. The van der Waals surface area contributed by atoms with E-state index in [9.17, 15) is 4.79 Å². The van der Waals surface area contributed by atoms with Crippen molar-refractivity contribution in [1.29, 1.82) is 0 Å². The highest BCUT2D eigenvalue weighted by Crippen LogP contribution is 2.24. The fraction of sp³-hybridized carbons (Fsp3) is 0.0833. The molecule has 0 amide bonds. The van der Waals surface area contributed by atoms with Gasteiger partial charge in [0.2, 0.25) is 0 Å². The van der Waals surface area contributed by atoms with Crippen molar-refractivity contribution in [2.24, 2.45) is 0 Å². The molecule has 3 N–H and O–H groups in total. The molecule has 3 aromatic rings. The predicted octanol–water partition coefficient (Wildman–Crippen LogP) is 1.95. The number of fused-ring (bicyclic) bond motifs is 1. The van der Waals surface area contributed by atoms with E-state index in [0.717, 1.165) is 5.69 Å². The van der Waals surface area contributed by atoms with Gasteiger partial charge in [-0.3, -0.25) is 4.79 Å². The number of aryl methyl sites for hydroxylation is 1. The van der Waals surface area contributed by atoms with Crippen molar-refractivity contribution in [2.45, 2.75) is 17.3 Å². The summed E-state index contributed by atoms with van der Waals surface area (Å²) in [5, 5.41) is 1.34. The first-order valence-electron chi connectivity index (χ1n) is 5.51. The molecule has 2 heterocycles. The van der Waals surface area contributed by atoms with Crippen LogP contribution >= 0.6 is 11.8 Å². The van der Waals surface area contributed by atoms with Crippen LogP contribution < -0.4 is 11.3 Å². The Morgan fingerprint density at radius 2 is 2.21 bits per heavy atom. The van der Waals surface area contributed by atoms with Gasteiger partial charge >= 0.3 is 0 Å². The molecule has 0 aliphatic heterocycles. The molecule has 0 aliphatic carbocycles. The van der Waals surface area contributed by atoms with E-state index in [1.807, 2.05) is 6.92 Å². The number of oxazole rings is 1. The van der Waals surface area contributed by atoms with E-state index in [0.29, 0.717) is 27.0 Å². The quantitative estimate of drug-likeness (QED) is 0.547. The summed E-state index contributed by atoms with van der Waals surface area (Å²) in [5.74, 6) is 0. The third kappa shape index (κ3) is 2.32. The number of anilines is 1. The molecule has 0 spiro atoms. The Balaban J connectivity index is 2.06. The molecule has 7 heteroatoms. The summed E-state index contributed by atoms with van der Waals surface area (Å²) in [4.78, 5) is 23.1. The molecule has 3 rings (SSSR count). The van der Waals surface area contributed by atoms with Gasteiger partial charge in [-0.2, -0.15) is 0 Å². The van der Waals surface area contributed by atoms with Crippen LogP contribution in [0.25, 0.3) is 10.9 Å². The fourth-order valence-corrected chi connectivity index (χ4v) is 2.38. The van der Waals surface area contributed by atoms with Gasteiger partial charge in [0.15, 0.2) is 5.16 Å². The average Bonchev–Trinajstić information content (AvgIpc) is 2.76. The first kappa shape index (κ1) is 11.8. The van der Waals surface area contributed by atoms with Crippen molar-refractivity contribution in [2.75, 3.05) is 5.73 Å². The van der Waals surface area contributed by atoms with Gasteiger partial charge in [-0.05, 0) is 25.1 Å². The highest BCUT2D eigenvalue weighted by atomic mass is 32.2. The van der Waals surface area contributed by atoms with E-state index in [1.54, 1.807) is 24.5 Å². The van der Waals surface area contributed by atoms with Gasteiger partial charge in [-0.15, -0.1) is 0 Å². The van der Waals surface area contributed by atoms with Crippen LogP contribution in [0.1, 0.15) is 5.69 Å². The number of benzene rings is 1. The van der Waals surface area contributed by atoms with Crippen LogP contribution in [0.15, 0.2) is 44.1 Å². The van der Waals surface area contributed by atoms with Gasteiger partial charge in [0.05, 0.1) is 16.6 Å². The van der Waals surface area contributed by atoms with E-state index < -0.39 is 0 Å². The highest BCUT2D eigenvalue weighted by molar-refractivity contribution is 7.98. The number of nitrogens with one attached hydrogen (secondary N) is 1. The van der Waals surface area contributed by atoms with Crippen LogP contribution in [-0.2, 0) is 0 Å². The number of hydrogen-bond donors (Lipinski definition) is 2. The number of rotatable bonds is 2. The number of nitrogen functional groups attached to an aromatic ring is 1. The molecule has 0 atom stereocenters. The second-order valence-electron chi connectivity index (χ2n) is 4.00. The molecule has 19 heavy (non-hydrogen) atoms. The van der Waals surface area contributed by atoms with Crippen LogP contribution in [0.4, 0.5) is 5.69 Å². The zero-order valence-corrected chi connectivity index (χ0v) is 10.8. The summed E-state index contributed by atoms with van der Waals surface area (Å²) in [5.41, 5.74) is 7.31. The van der Waals surface area contributed by atoms with Crippen molar-refractivity contribution in [3.05, 3.63) is 40.5 Å². The summed E-state index contributed by atoms with van der Waals surface area (Å²) in [6.07, 6.45) is 1.54. The molecule has 2 aromatic heterocycles. The standard InChI is InChI=1S/C12H10N4O2S/c1-6-5-18-12(14-6)19-11-15-9-3-2-7(13)4-8(9)10(17)16-11/h2-5H,13H2,1H3,(H,15,16,17). The molecule has 0 saturated heterocycles. The van der Waals surface area contributed by atoms with Crippen LogP contribution in [0, 0.1) is 6.92 Å². The van der Waals surface area contributed by atoms with Gasteiger partial charge in [0, 0.05) is 17.4 Å². The maximum Gasteiger partial charge on any atom is 0.263 e. The summed E-state index contributed by atoms with van der Waals surface area (Å²) in [6, 6.07) is 5.02. The van der Waals surface area contributed by atoms with Gasteiger partial charge in [0.1, 0.15) is 6.26 Å². The Kier molecular flexibility index (Phi) is 2.75. The molecule has 0 unspecified atom stereocenters. The molecule has 96 valence electrons. The lowest BCUT2D eigenvalue weighted by Gasteiger charge is -2.01. The number of aromatic amines is 1. The Hall–Kier alpha value is -2.28. The highest BCUT2D eigenvalue weighted by Gasteiger charge is 2.09. The average molecular weight is 274 g/mol. The normalized spacial score (nSPS) is 11.0. The minimum Gasteiger partial charge on any atom is -0.439 e. The zero-order valence-electron chi connectivity index (χ0n) is 10.0. The number of hydrogen-bond acceptors (Lipinski definition) is 6. The van der Waals surface area contributed by atoms with E-state index in [1.165, 1.54) is 11.8 Å². The summed E-state index contributed by atoms with van der Waals surface area (Å²) in [7, 11) is 0. The van der Waals surface area contributed by atoms with Crippen LogP contribution in [-0.4, -0.2) is 15.0 Å². The van der Waals surface area contributed by atoms with Crippen molar-refractivity contribution >= 4 is 28.4 Å². The molecule has 6 nitrogen and oxygen atoms in total. The molecule has 0 aliphatic rings. The van der Waals surface area contributed by atoms with E-state index in [4.69, 9.17) is 10.2 Å². The maximum atomic E-state index is 11.9. The lowest BCUT2D eigenvalue weighted by Crippen LogP contribution is -2.09. The Labute approximate surface area is 112 Å². The van der Waals surface area contributed by atoms with Crippen molar-refractivity contribution in [3.8, 4) is 0 Å². The minimum atomic E-state index is -0.233. The third-order valence-corrected chi connectivity index (χ3v) is 3.24. The van der Waals surface area contributed by atoms with Gasteiger partial charge in [0.25, 0.3) is 10.8 Å². The van der Waals surface area contributed by atoms with E-state index in [2.05, 4.69) is 15.0 Å². The first-order valence-corrected chi connectivity index (χ1v) is 6.33. The monoisotopic (exact) mass is 274 g/mol. The first-order chi connectivity index (χ1) is 9.11. The molecule has 0 bridgehead atoms. The molecule has 0 radical (unpaired) electrons. The second kappa shape index (κ2) is 4.43. The summed E-state index contributed by atoms with van der Waals surface area (Å²) in [6.45, 7) is 1.83. The van der Waals surface area contributed by atoms with Gasteiger partial charge < -0.3 is 15.1 Å². The number of nitrogens with zero attached hydrogens (tertiary/aromatic N) is 2. The van der Waals surface area contributed by atoms with Crippen LogP contribution in [0.2, 0.25) is 0 Å². The van der Waals surface area contributed by atoms with Crippen molar-refractivity contribution in [3.63, 3.8) is 0 Å². The van der Waals surface area contributed by atoms with Crippen LogP contribution in [0.5, 0.6) is 0 Å². The lowest BCUT2D eigenvalue weighted by atomic mass is 10.2. The van der Waals surface area contributed by atoms with Crippen LogP contribution in [0.3, 0.4) is 0 Å². The Morgan fingerprint density at radius 3 is 2.95 bits per heavy atom. The van der Waals surface area contributed by atoms with Gasteiger partial charge in [-0.25, -0.2) is 9.97 Å². The number of nitrogens with two attached hydrogens (primary N) is 1. The number of H-pyrrole nitrogens is 1. The molecule has 0 saturated carbocycles. The molecule has 0 fully saturated rings. The van der Waals surface area contributed by atoms with Crippen molar-refractivity contribution in [1.82, 2.24) is 15.0 Å². The minimum absolute atomic E-state index is 0.233. The summed E-state index contributed by atoms with van der Waals surface area (Å²) >= 11 is 1.17. The lowest BCUT2D eigenvalue weighted by molar-refractivity contribution is 0.453. The Morgan fingerprint density at radius 1 is 1.37 bits per heavy atom. The number of aromatic nitrogens is 3. The smallest absolute Gasteiger partial charge is 0.263 e. The van der Waals surface area contributed by atoms with E-state index >= 15 is 0 Å². The topological polar surface area (TPSA) is 97.8 Å². The fourth-order valence-electron chi connectivity index (χ4n) is 1.65. The second-order valence-corrected chi connectivity index (χ2v) is 4.94. The Bertz CT molecular complexity index is 809.